The van der Waals surface area contributed by atoms with Crippen LogP contribution in [-0.4, -0.2) is 47.0 Å². The molecule has 1 aromatic rings. The number of nitrogens with zero attached hydrogens (tertiary/aromatic N) is 1. The predicted molar refractivity (Wildman–Crippen MR) is 99.4 cm³/mol. The second kappa shape index (κ2) is 8.41. The number of carbonyl (C=O) groups excluding carboxylic acids is 2. The minimum absolute atomic E-state index is 0.0632. The summed E-state index contributed by atoms with van der Waals surface area (Å²) in [4.78, 5) is 37.5. The molecule has 1 aromatic carbocycles. The van der Waals surface area contributed by atoms with Crippen LogP contribution in [0.25, 0.3) is 0 Å². The molecule has 27 heavy (non-hydrogen) atoms. The first kappa shape index (κ1) is 19.2. The number of likely N-dealkylation sites (tertiary alicyclic amines) is 1. The van der Waals surface area contributed by atoms with Crippen LogP contribution in [-0.2, 0) is 14.4 Å². The zero-order valence-corrected chi connectivity index (χ0v) is 15.5. The first-order valence-electron chi connectivity index (χ1n) is 9.47. The zero-order chi connectivity index (χ0) is 19.4. The molecular formula is C20H26N2O5. The molecule has 0 spiro atoms. The molecule has 2 N–H and O–H groups in total. The average Bonchev–Trinajstić information content (AvgIpc) is 3.03. The molecule has 2 fully saturated rings. The fourth-order valence-corrected chi connectivity index (χ4v) is 3.87. The van der Waals surface area contributed by atoms with Gasteiger partial charge in [0.2, 0.25) is 11.8 Å². The Kier molecular flexibility index (Phi) is 5.98. The van der Waals surface area contributed by atoms with Crippen LogP contribution < -0.4 is 10.1 Å². The molecule has 1 aliphatic carbocycles. The van der Waals surface area contributed by atoms with Crippen molar-refractivity contribution in [2.24, 2.45) is 11.8 Å². The normalized spacial score (nSPS) is 25.3. The van der Waals surface area contributed by atoms with Crippen molar-refractivity contribution >= 4 is 23.5 Å². The number of nitrogens with one attached hydrogen (secondary N) is 1. The van der Waals surface area contributed by atoms with Gasteiger partial charge in [0.05, 0.1) is 5.92 Å². The molecule has 1 aliphatic heterocycles. The molecule has 7 heteroatoms. The quantitative estimate of drug-likeness (QED) is 0.798. The molecule has 146 valence electrons. The van der Waals surface area contributed by atoms with Gasteiger partial charge in [0.15, 0.2) is 6.61 Å². The molecule has 3 rings (SSSR count). The van der Waals surface area contributed by atoms with Crippen LogP contribution in [0.15, 0.2) is 24.3 Å². The summed E-state index contributed by atoms with van der Waals surface area (Å²) in [6.07, 6.45) is 4.55. The van der Waals surface area contributed by atoms with E-state index in [1.807, 2.05) is 4.90 Å². The number of rotatable bonds is 6. The Morgan fingerprint density at radius 1 is 1.26 bits per heavy atom. The van der Waals surface area contributed by atoms with E-state index in [9.17, 15) is 14.4 Å². The van der Waals surface area contributed by atoms with Crippen LogP contribution >= 0.6 is 0 Å². The van der Waals surface area contributed by atoms with Crippen molar-refractivity contribution in [3.8, 4) is 5.75 Å². The summed E-state index contributed by atoms with van der Waals surface area (Å²) in [5, 5.41) is 11.5. The molecule has 1 saturated heterocycles. The van der Waals surface area contributed by atoms with Gasteiger partial charge >= 0.3 is 5.97 Å². The number of hydrogen-bond acceptors (Lipinski definition) is 4. The zero-order valence-electron chi connectivity index (χ0n) is 15.5. The minimum Gasteiger partial charge on any atom is -0.482 e. The number of carboxylic acids is 1. The van der Waals surface area contributed by atoms with Crippen LogP contribution in [0.2, 0.25) is 0 Å². The lowest BCUT2D eigenvalue weighted by atomic mass is 9.87. The molecule has 2 amide bonds. The predicted octanol–water partition coefficient (Wildman–Crippen LogP) is 2.52. The smallest absolute Gasteiger partial charge is 0.341 e. The number of hydrogen-bond donors (Lipinski definition) is 2. The fourth-order valence-electron chi connectivity index (χ4n) is 3.87. The summed E-state index contributed by atoms with van der Waals surface area (Å²) in [7, 11) is 0. The first-order chi connectivity index (χ1) is 12.9. The van der Waals surface area contributed by atoms with Gasteiger partial charge in [-0.3, -0.25) is 9.59 Å². The van der Waals surface area contributed by atoms with E-state index in [-0.39, 0.29) is 30.2 Å². The number of ether oxygens (including phenoxy) is 1. The van der Waals surface area contributed by atoms with Crippen molar-refractivity contribution in [1.29, 1.82) is 0 Å². The van der Waals surface area contributed by atoms with E-state index in [2.05, 4.69) is 12.2 Å². The van der Waals surface area contributed by atoms with Crippen molar-refractivity contribution in [3.05, 3.63) is 24.3 Å². The highest BCUT2D eigenvalue weighted by Crippen LogP contribution is 2.31. The lowest BCUT2D eigenvalue weighted by molar-refractivity contribution is -0.139. The van der Waals surface area contributed by atoms with Crippen LogP contribution in [0.3, 0.4) is 0 Å². The van der Waals surface area contributed by atoms with Gasteiger partial charge < -0.3 is 20.1 Å². The van der Waals surface area contributed by atoms with Crippen molar-refractivity contribution in [1.82, 2.24) is 4.90 Å². The van der Waals surface area contributed by atoms with Gasteiger partial charge in [0.1, 0.15) is 5.75 Å². The monoisotopic (exact) mass is 374 g/mol. The highest BCUT2D eigenvalue weighted by Gasteiger charge is 2.38. The molecule has 1 unspecified atom stereocenters. The van der Waals surface area contributed by atoms with E-state index in [0.29, 0.717) is 23.9 Å². The van der Waals surface area contributed by atoms with Gasteiger partial charge in [-0.25, -0.2) is 4.79 Å². The number of carbonyl (C=O) groups is 3. The van der Waals surface area contributed by atoms with E-state index in [1.165, 1.54) is 0 Å². The van der Waals surface area contributed by atoms with Crippen molar-refractivity contribution < 1.29 is 24.2 Å². The maximum absolute atomic E-state index is 12.6. The molecule has 7 nitrogen and oxygen atoms in total. The molecule has 0 radical (unpaired) electrons. The lowest BCUT2D eigenvalue weighted by Gasteiger charge is -2.33. The Morgan fingerprint density at radius 2 is 2.00 bits per heavy atom. The van der Waals surface area contributed by atoms with Crippen LogP contribution in [0.4, 0.5) is 5.69 Å². The Bertz CT molecular complexity index is 712. The number of anilines is 1. The maximum atomic E-state index is 12.6. The first-order valence-corrected chi connectivity index (χ1v) is 9.47. The van der Waals surface area contributed by atoms with Crippen molar-refractivity contribution in [2.45, 2.75) is 45.1 Å². The van der Waals surface area contributed by atoms with Gasteiger partial charge in [0, 0.05) is 30.8 Å². The second-order valence-corrected chi connectivity index (χ2v) is 7.56. The van der Waals surface area contributed by atoms with Gasteiger partial charge in [-0.15, -0.1) is 0 Å². The lowest BCUT2D eigenvalue weighted by Crippen LogP contribution is -2.39. The highest BCUT2D eigenvalue weighted by atomic mass is 16.5. The van der Waals surface area contributed by atoms with E-state index in [4.69, 9.17) is 9.84 Å². The maximum Gasteiger partial charge on any atom is 0.341 e. The van der Waals surface area contributed by atoms with Gasteiger partial charge in [0.25, 0.3) is 0 Å². The number of aliphatic carboxylic acids is 1. The summed E-state index contributed by atoms with van der Waals surface area (Å²) >= 11 is 0. The second-order valence-electron chi connectivity index (χ2n) is 7.56. The SMILES string of the molecule is CC1CCC(N2CC(C(=O)Nc3cccc(OCC(=O)O)c3)CC2=O)CC1. The molecule has 0 aromatic heterocycles. The number of carboxylic acid groups (broad SMARTS) is 1. The molecule has 1 heterocycles. The van der Waals surface area contributed by atoms with E-state index >= 15 is 0 Å². The van der Waals surface area contributed by atoms with Gasteiger partial charge in [-0.1, -0.05) is 13.0 Å². The average molecular weight is 374 g/mol. The summed E-state index contributed by atoms with van der Waals surface area (Å²) in [5.41, 5.74) is 0.528. The third-order valence-corrected chi connectivity index (χ3v) is 5.42. The third-order valence-electron chi connectivity index (χ3n) is 5.42. The molecule has 0 bridgehead atoms. The summed E-state index contributed by atoms with van der Waals surface area (Å²) in [6, 6.07) is 6.87. The van der Waals surface area contributed by atoms with E-state index < -0.39 is 12.6 Å². The Balaban J connectivity index is 1.56. The Morgan fingerprint density at radius 3 is 2.70 bits per heavy atom. The Labute approximate surface area is 158 Å². The highest BCUT2D eigenvalue weighted by molar-refractivity contribution is 5.97. The van der Waals surface area contributed by atoms with Crippen molar-refractivity contribution in [3.63, 3.8) is 0 Å². The van der Waals surface area contributed by atoms with E-state index in [1.54, 1.807) is 24.3 Å². The third kappa shape index (κ3) is 4.99. The molecule has 2 aliphatic rings. The fraction of sp³-hybridized carbons (Fsp3) is 0.550. The van der Waals surface area contributed by atoms with Crippen LogP contribution in [0.1, 0.15) is 39.0 Å². The van der Waals surface area contributed by atoms with Crippen LogP contribution in [0, 0.1) is 11.8 Å². The Hall–Kier alpha value is -2.57. The van der Waals surface area contributed by atoms with Gasteiger partial charge in [-0.2, -0.15) is 0 Å². The topological polar surface area (TPSA) is 95.9 Å². The summed E-state index contributed by atoms with van der Waals surface area (Å²) < 4.78 is 5.12. The molecule has 1 saturated carbocycles. The minimum atomic E-state index is -1.06. The largest absolute Gasteiger partial charge is 0.482 e. The summed E-state index contributed by atoms with van der Waals surface area (Å²) in [5.74, 6) is -0.463. The summed E-state index contributed by atoms with van der Waals surface area (Å²) in [6.45, 7) is 2.27. The number of amides is 2. The van der Waals surface area contributed by atoms with Gasteiger partial charge in [-0.05, 0) is 43.7 Å². The molecular weight excluding hydrogens is 348 g/mol. The van der Waals surface area contributed by atoms with Crippen LogP contribution in [0.5, 0.6) is 5.75 Å². The van der Waals surface area contributed by atoms with E-state index in [0.717, 1.165) is 25.7 Å². The standard InChI is InChI=1S/C20H26N2O5/c1-13-5-7-16(8-6-13)22-11-14(9-18(22)23)20(26)21-15-3-2-4-17(10-15)27-12-19(24)25/h2-4,10,13-14,16H,5-9,11-12H2,1H3,(H,21,26)(H,24,25). The number of benzene rings is 1. The van der Waals surface area contributed by atoms with Crippen molar-refractivity contribution in [2.75, 3.05) is 18.5 Å². The molecule has 1 atom stereocenters.